The summed E-state index contributed by atoms with van der Waals surface area (Å²) in [7, 11) is 1.26. The Hall–Kier alpha value is -0.610. The van der Waals surface area contributed by atoms with Gasteiger partial charge in [-0.25, -0.2) is 0 Å². The van der Waals surface area contributed by atoms with Gasteiger partial charge in [-0.3, -0.25) is 4.79 Å². The summed E-state index contributed by atoms with van der Waals surface area (Å²) in [6.07, 6.45) is 0.390. The van der Waals surface area contributed by atoms with E-state index in [4.69, 9.17) is 5.73 Å². The fraction of sp³-hybridized carbons (Fsp3) is 0.300. The molecule has 0 spiro atoms. The topological polar surface area (TPSA) is 43.1 Å². The number of rotatable bonds is 4. The average molecular weight is 227 g/mol. The third-order valence-electron chi connectivity index (χ3n) is 2.03. The highest BCUT2D eigenvalue weighted by Gasteiger charge is 2.13. The van der Waals surface area contributed by atoms with E-state index in [0.717, 1.165) is 5.56 Å². The smallest absolute Gasteiger partial charge is 0.150 e. The molecule has 1 atom stereocenters. The molecule has 0 amide bonds. The second-order valence-corrected chi connectivity index (χ2v) is 4.64. The van der Waals surface area contributed by atoms with Crippen LogP contribution in [0, 0.1) is 0 Å². The predicted octanol–water partition coefficient (Wildman–Crippen LogP) is 2.35. The molecule has 1 rings (SSSR count). The number of thiol groups is 1. The zero-order valence-corrected chi connectivity index (χ0v) is 9.65. The van der Waals surface area contributed by atoms with E-state index in [9.17, 15) is 4.79 Å². The molecule has 0 fully saturated rings. The first-order chi connectivity index (χ1) is 6.65. The van der Waals surface area contributed by atoms with Crippen molar-refractivity contribution in [1.82, 2.24) is 0 Å². The third kappa shape index (κ3) is 2.96. The van der Waals surface area contributed by atoms with Crippen molar-refractivity contribution in [3.63, 3.8) is 0 Å². The fourth-order valence-corrected chi connectivity index (χ4v) is 1.64. The van der Waals surface area contributed by atoms with Crippen LogP contribution in [0.2, 0.25) is 0 Å². The summed E-state index contributed by atoms with van der Waals surface area (Å²) in [6, 6.07) is 7.43. The lowest BCUT2D eigenvalue weighted by molar-refractivity contribution is -0.117. The highest BCUT2D eigenvalue weighted by atomic mass is 33.1. The van der Waals surface area contributed by atoms with Gasteiger partial charge in [-0.1, -0.05) is 29.0 Å². The minimum Gasteiger partial charge on any atom is -0.398 e. The van der Waals surface area contributed by atoms with Crippen LogP contribution in [-0.2, 0) is 11.2 Å². The second kappa shape index (κ2) is 5.32. The zero-order chi connectivity index (χ0) is 10.6. The summed E-state index contributed by atoms with van der Waals surface area (Å²) in [6.45, 7) is 1.85. The van der Waals surface area contributed by atoms with E-state index >= 15 is 0 Å². The maximum Gasteiger partial charge on any atom is 0.150 e. The van der Waals surface area contributed by atoms with Crippen molar-refractivity contribution in [3.8, 4) is 0 Å². The first-order valence-corrected chi connectivity index (χ1v) is 6.24. The van der Waals surface area contributed by atoms with Crippen molar-refractivity contribution in [2.75, 3.05) is 5.73 Å². The van der Waals surface area contributed by atoms with E-state index < -0.39 is 0 Å². The number of nitrogens with two attached hydrogens (primary N) is 1. The van der Waals surface area contributed by atoms with Gasteiger partial charge >= 0.3 is 0 Å². The summed E-state index contributed by atoms with van der Waals surface area (Å²) in [5.74, 6) is 0.155. The van der Waals surface area contributed by atoms with Crippen molar-refractivity contribution < 1.29 is 4.79 Å². The number of anilines is 1. The van der Waals surface area contributed by atoms with Gasteiger partial charge < -0.3 is 5.73 Å². The van der Waals surface area contributed by atoms with Gasteiger partial charge in [0.15, 0.2) is 5.78 Å². The van der Waals surface area contributed by atoms with Gasteiger partial charge in [-0.2, -0.15) is 0 Å². The molecule has 0 heterocycles. The molecule has 1 aromatic carbocycles. The number of carbonyl (C=O) groups is 1. The molecular weight excluding hydrogens is 214 g/mol. The van der Waals surface area contributed by atoms with Crippen LogP contribution in [0.25, 0.3) is 0 Å². The molecule has 76 valence electrons. The van der Waals surface area contributed by atoms with Crippen molar-refractivity contribution >= 4 is 33.9 Å². The number of hydrogen-bond acceptors (Lipinski definition) is 4. The first-order valence-electron chi connectivity index (χ1n) is 4.31. The molecule has 4 heteroatoms. The SMILES string of the molecule is CC(SS)C(=O)Cc1ccccc1N. The van der Waals surface area contributed by atoms with E-state index in [2.05, 4.69) is 11.7 Å². The number of benzene rings is 1. The Morgan fingerprint density at radius 3 is 2.79 bits per heavy atom. The molecule has 0 radical (unpaired) electrons. The van der Waals surface area contributed by atoms with Gasteiger partial charge in [0.25, 0.3) is 0 Å². The monoisotopic (exact) mass is 227 g/mol. The maximum absolute atomic E-state index is 11.6. The van der Waals surface area contributed by atoms with Crippen molar-refractivity contribution in [3.05, 3.63) is 29.8 Å². The van der Waals surface area contributed by atoms with Crippen LogP contribution in [0.1, 0.15) is 12.5 Å². The van der Waals surface area contributed by atoms with Crippen LogP contribution < -0.4 is 5.73 Å². The molecule has 2 nitrogen and oxygen atoms in total. The minimum atomic E-state index is -0.0852. The van der Waals surface area contributed by atoms with Crippen molar-refractivity contribution in [1.29, 1.82) is 0 Å². The van der Waals surface area contributed by atoms with Gasteiger partial charge in [-0.05, 0) is 18.6 Å². The van der Waals surface area contributed by atoms with E-state index in [-0.39, 0.29) is 11.0 Å². The Kier molecular flexibility index (Phi) is 4.35. The Balaban J connectivity index is 2.70. The maximum atomic E-state index is 11.6. The van der Waals surface area contributed by atoms with Gasteiger partial charge in [-0.15, -0.1) is 11.7 Å². The quantitative estimate of drug-likeness (QED) is 0.471. The summed E-state index contributed by atoms with van der Waals surface area (Å²) in [5.41, 5.74) is 7.31. The van der Waals surface area contributed by atoms with Crippen LogP contribution >= 0.6 is 22.5 Å². The summed E-state index contributed by atoms with van der Waals surface area (Å²) in [5, 5.41) is -0.0852. The normalized spacial score (nSPS) is 12.4. The number of Topliss-reactive ketones (excluding diaryl/α,β-unsaturated/α-hetero) is 1. The highest BCUT2D eigenvalue weighted by Crippen LogP contribution is 2.19. The Bertz CT molecular complexity index is 328. The lowest BCUT2D eigenvalue weighted by Crippen LogP contribution is -2.15. The number of ketones is 1. The molecule has 0 aliphatic carbocycles. The number of para-hydroxylation sites is 1. The second-order valence-electron chi connectivity index (χ2n) is 3.09. The van der Waals surface area contributed by atoms with Gasteiger partial charge in [0, 0.05) is 12.1 Å². The summed E-state index contributed by atoms with van der Waals surface area (Å²) in [4.78, 5) is 11.6. The molecule has 0 saturated carbocycles. The third-order valence-corrected chi connectivity index (χ3v) is 3.56. The molecule has 0 aliphatic heterocycles. The lowest BCUT2D eigenvalue weighted by Gasteiger charge is -2.07. The number of hydrogen-bond donors (Lipinski definition) is 2. The van der Waals surface area contributed by atoms with Crippen LogP contribution in [0.4, 0.5) is 5.69 Å². The number of carbonyl (C=O) groups excluding carboxylic acids is 1. The molecule has 0 aliphatic rings. The molecule has 1 unspecified atom stereocenters. The molecule has 0 saturated heterocycles. The molecule has 14 heavy (non-hydrogen) atoms. The van der Waals surface area contributed by atoms with Gasteiger partial charge in [0.2, 0.25) is 0 Å². The Morgan fingerprint density at radius 1 is 1.57 bits per heavy atom. The van der Waals surface area contributed by atoms with E-state index in [0.29, 0.717) is 12.1 Å². The molecule has 2 N–H and O–H groups in total. The Labute approximate surface area is 93.1 Å². The minimum absolute atomic E-state index is 0.0852. The van der Waals surface area contributed by atoms with Gasteiger partial charge in [0.1, 0.15) is 0 Å². The Morgan fingerprint density at radius 2 is 2.21 bits per heavy atom. The van der Waals surface area contributed by atoms with Crippen LogP contribution in [0.15, 0.2) is 24.3 Å². The molecule has 1 aromatic rings. The average Bonchev–Trinajstić information content (AvgIpc) is 2.20. The predicted molar refractivity (Wildman–Crippen MR) is 65.6 cm³/mol. The fourth-order valence-electron chi connectivity index (χ4n) is 1.09. The van der Waals surface area contributed by atoms with Gasteiger partial charge in [0.05, 0.1) is 5.25 Å². The first kappa shape index (κ1) is 11.5. The zero-order valence-electron chi connectivity index (χ0n) is 7.93. The molecule has 0 aromatic heterocycles. The number of nitrogen functional groups attached to an aromatic ring is 1. The van der Waals surface area contributed by atoms with Crippen molar-refractivity contribution in [2.45, 2.75) is 18.6 Å². The van der Waals surface area contributed by atoms with Crippen LogP contribution in [0.3, 0.4) is 0 Å². The highest BCUT2D eigenvalue weighted by molar-refractivity contribution is 8.69. The molecular formula is C10H13NOS2. The van der Waals surface area contributed by atoms with Crippen LogP contribution in [-0.4, -0.2) is 11.0 Å². The summed E-state index contributed by atoms with van der Waals surface area (Å²) >= 11 is 4.01. The lowest BCUT2D eigenvalue weighted by atomic mass is 10.1. The van der Waals surface area contributed by atoms with E-state index in [1.807, 2.05) is 25.1 Å². The standard InChI is InChI=1S/C10H13NOS2/c1-7(14-13)10(12)6-8-4-2-3-5-9(8)11/h2-5,7,13H,6,11H2,1H3. The van der Waals surface area contributed by atoms with E-state index in [1.165, 1.54) is 10.8 Å². The van der Waals surface area contributed by atoms with Crippen molar-refractivity contribution in [2.24, 2.45) is 0 Å². The summed E-state index contributed by atoms with van der Waals surface area (Å²) < 4.78 is 0. The molecule has 0 bridgehead atoms. The van der Waals surface area contributed by atoms with Crippen LogP contribution in [0.5, 0.6) is 0 Å². The van der Waals surface area contributed by atoms with E-state index in [1.54, 1.807) is 6.07 Å². The largest absolute Gasteiger partial charge is 0.398 e.